The molecule has 29 heavy (non-hydrogen) atoms. The van der Waals surface area contributed by atoms with E-state index in [2.05, 4.69) is 20.8 Å². The van der Waals surface area contributed by atoms with E-state index < -0.39 is 0 Å². The topological polar surface area (TPSA) is 106 Å². The van der Waals surface area contributed by atoms with Crippen molar-refractivity contribution in [2.24, 2.45) is 0 Å². The SMILES string of the molecule is COc1ccc(Cl)cc1NC(=O)CSc1nnc(NC(=O)c2cc(C)oc2C)s1. The van der Waals surface area contributed by atoms with Gasteiger partial charge in [0.15, 0.2) is 4.34 Å². The fourth-order valence-electron chi connectivity index (χ4n) is 2.43. The molecule has 0 unspecified atom stereocenters. The van der Waals surface area contributed by atoms with Crippen molar-refractivity contribution in [3.63, 3.8) is 0 Å². The van der Waals surface area contributed by atoms with Crippen LogP contribution in [0, 0.1) is 13.8 Å². The number of methoxy groups -OCH3 is 1. The first-order valence-corrected chi connectivity index (χ1v) is 10.5. The van der Waals surface area contributed by atoms with Crippen LogP contribution in [0.2, 0.25) is 5.02 Å². The van der Waals surface area contributed by atoms with Gasteiger partial charge in [0.25, 0.3) is 5.91 Å². The van der Waals surface area contributed by atoms with Gasteiger partial charge < -0.3 is 14.5 Å². The Morgan fingerprint density at radius 1 is 1.24 bits per heavy atom. The van der Waals surface area contributed by atoms with Crippen molar-refractivity contribution in [3.05, 3.63) is 46.4 Å². The van der Waals surface area contributed by atoms with Crippen LogP contribution in [-0.2, 0) is 4.79 Å². The lowest BCUT2D eigenvalue weighted by Gasteiger charge is -2.09. The van der Waals surface area contributed by atoms with E-state index in [9.17, 15) is 9.59 Å². The highest BCUT2D eigenvalue weighted by atomic mass is 35.5. The largest absolute Gasteiger partial charge is 0.495 e. The summed E-state index contributed by atoms with van der Waals surface area (Å²) in [6.07, 6.45) is 0. The van der Waals surface area contributed by atoms with E-state index in [0.29, 0.717) is 43.0 Å². The van der Waals surface area contributed by atoms with Gasteiger partial charge in [0.05, 0.1) is 24.1 Å². The molecule has 0 bridgehead atoms. The Hall–Kier alpha value is -2.56. The number of benzene rings is 1. The predicted molar refractivity (Wildman–Crippen MR) is 113 cm³/mol. The summed E-state index contributed by atoms with van der Waals surface area (Å²) in [5, 5.41) is 14.2. The molecule has 0 atom stereocenters. The Balaban J connectivity index is 1.55. The second-order valence-corrected chi connectivity index (χ2v) is 8.47. The van der Waals surface area contributed by atoms with Crippen molar-refractivity contribution in [3.8, 4) is 5.75 Å². The molecule has 0 saturated heterocycles. The summed E-state index contributed by atoms with van der Waals surface area (Å²) in [5.41, 5.74) is 0.934. The molecule has 0 saturated carbocycles. The first kappa shape index (κ1) is 21.2. The number of hydrogen-bond acceptors (Lipinski definition) is 8. The molecule has 8 nitrogen and oxygen atoms in total. The molecular formula is C18H17ClN4O4S2. The second-order valence-electron chi connectivity index (χ2n) is 5.84. The molecule has 3 aromatic rings. The minimum atomic E-state index is -0.321. The first-order valence-electron chi connectivity index (χ1n) is 8.34. The van der Waals surface area contributed by atoms with Crippen LogP contribution in [-0.4, -0.2) is 34.9 Å². The lowest BCUT2D eigenvalue weighted by molar-refractivity contribution is -0.113. The maximum absolute atomic E-state index is 12.3. The third-order valence-electron chi connectivity index (χ3n) is 3.67. The normalized spacial score (nSPS) is 10.6. The highest BCUT2D eigenvalue weighted by Gasteiger charge is 2.16. The van der Waals surface area contributed by atoms with Crippen LogP contribution < -0.4 is 15.4 Å². The molecule has 0 aliphatic carbocycles. The number of furan rings is 1. The minimum absolute atomic E-state index is 0.109. The third-order valence-corrected chi connectivity index (χ3v) is 5.88. The van der Waals surface area contributed by atoms with Crippen LogP contribution in [0.1, 0.15) is 21.9 Å². The van der Waals surface area contributed by atoms with Crippen molar-refractivity contribution in [1.29, 1.82) is 0 Å². The zero-order valence-electron chi connectivity index (χ0n) is 15.7. The summed E-state index contributed by atoms with van der Waals surface area (Å²) >= 11 is 8.35. The molecule has 0 spiro atoms. The Kier molecular flexibility index (Phi) is 6.78. The Bertz CT molecular complexity index is 1050. The molecule has 0 radical (unpaired) electrons. The molecule has 0 aliphatic rings. The van der Waals surface area contributed by atoms with E-state index >= 15 is 0 Å². The number of carbonyl (C=O) groups excluding carboxylic acids is 2. The zero-order valence-corrected chi connectivity index (χ0v) is 18.1. The smallest absolute Gasteiger partial charge is 0.261 e. The van der Waals surface area contributed by atoms with E-state index in [0.717, 1.165) is 0 Å². The summed E-state index contributed by atoms with van der Waals surface area (Å²) in [6.45, 7) is 3.49. The van der Waals surface area contributed by atoms with Gasteiger partial charge >= 0.3 is 0 Å². The van der Waals surface area contributed by atoms with Gasteiger partial charge in [0, 0.05) is 5.02 Å². The molecule has 11 heteroatoms. The number of anilines is 2. The molecule has 0 fully saturated rings. The Labute approximate surface area is 180 Å². The van der Waals surface area contributed by atoms with Crippen molar-refractivity contribution >= 4 is 57.3 Å². The number of thioether (sulfide) groups is 1. The molecule has 2 heterocycles. The summed E-state index contributed by atoms with van der Waals surface area (Å²) in [5.74, 6) is 1.24. The number of amides is 2. The molecule has 0 aliphatic heterocycles. The van der Waals surface area contributed by atoms with E-state index in [1.165, 1.54) is 30.2 Å². The van der Waals surface area contributed by atoms with Gasteiger partial charge in [-0.3, -0.25) is 14.9 Å². The van der Waals surface area contributed by atoms with Crippen molar-refractivity contribution in [1.82, 2.24) is 10.2 Å². The number of aromatic nitrogens is 2. The number of aryl methyl sites for hydroxylation is 2. The lowest BCUT2D eigenvalue weighted by Crippen LogP contribution is -2.14. The standard InChI is InChI=1S/C18H17ClN4O4S2/c1-9-6-12(10(2)27-9)16(25)21-17-22-23-18(29-17)28-8-15(24)20-13-7-11(19)4-5-14(13)26-3/h4-7H,8H2,1-3H3,(H,20,24)(H,21,22,25). The average molecular weight is 453 g/mol. The minimum Gasteiger partial charge on any atom is -0.495 e. The number of nitrogens with zero attached hydrogens (tertiary/aromatic N) is 2. The highest BCUT2D eigenvalue weighted by molar-refractivity contribution is 8.01. The summed E-state index contributed by atoms with van der Waals surface area (Å²) in [6, 6.07) is 6.62. The number of nitrogens with one attached hydrogen (secondary N) is 2. The van der Waals surface area contributed by atoms with Crippen LogP contribution in [0.5, 0.6) is 5.75 Å². The molecular weight excluding hydrogens is 436 g/mol. The summed E-state index contributed by atoms with van der Waals surface area (Å²) in [4.78, 5) is 24.5. The fraction of sp³-hybridized carbons (Fsp3) is 0.222. The summed E-state index contributed by atoms with van der Waals surface area (Å²) in [7, 11) is 1.51. The van der Waals surface area contributed by atoms with Crippen molar-refractivity contribution in [2.75, 3.05) is 23.5 Å². The van der Waals surface area contributed by atoms with E-state index in [4.69, 9.17) is 20.8 Å². The summed E-state index contributed by atoms with van der Waals surface area (Å²) < 4.78 is 11.1. The van der Waals surface area contributed by atoms with Crippen LogP contribution in [0.25, 0.3) is 0 Å². The van der Waals surface area contributed by atoms with Gasteiger partial charge in [0.2, 0.25) is 11.0 Å². The maximum Gasteiger partial charge on any atom is 0.261 e. The molecule has 2 N–H and O–H groups in total. The molecule has 1 aromatic carbocycles. The predicted octanol–water partition coefficient (Wildman–Crippen LogP) is 4.39. The first-order chi connectivity index (χ1) is 13.9. The fourth-order valence-corrected chi connectivity index (χ4v) is 4.15. The van der Waals surface area contributed by atoms with Gasteiger partial charge in [-0.2, -0.15) is 0 Å². The van der Waals surface area contributed by atoms with Crippen molar-refractivity contribution < 1.29 is 18.7 Å². The van der Waals surface area contributed by atoms with Crippen LogP contribution in [0.4, 0.5) is 10.8 Å². The number of hydrogen-bond donors (Lipinski definition) is 2. The number of halogens is 1. The molecule has 2 aromatic heterocycles. The average Bonchev–Trinajstić information content (AvgIpc) is 3.25. The Morgan fingerprint density at radius 2 is 2.03 bits per heavy atom. The van der Waals surface area contributed by atoms with E-state index in [1.54, 1.807) is 38.1 Å². The monoisotopic (exact) mass is 452 g/mol. The maximum atomic E-state index is 12.3. The van der Waals surface area contributed by atoms with Gasteiger partial charge in [0.1, 0.15) is 17.3 Å². The quantitative estimate of drug-likeness (QED) is 0.404. The molecule has 2 amide bonds. The van der Waals surface area contributed by atoms with E-state index in [1.807, 2.05) is 0 Å². The van der Waals surface area contributed by atoms with Crippen molar-refractivity contribution in [2.45, 2.75) is 18.2 Å². The van der Waals surface area contributed by atoms with Crippen LogP contribution in [0.3, 0.4) is 0 Å². The number of rotatable bonds is 7. The second kappa shape index (κ2) is 9.29. The lowest BCUT2D eigenvalue weighted by atomic mass is 10.2. The molecule has 152 valence electrons. The van der Waals surface area contributed by atoms with Crippen LogP contribution in [0.15, 0.2) is 33.0 Å². The highest BCUT2D eigenvalue weighted by Crippen LogP contribution is 2.29. The number of carbonyl (C=O) groups is 2. The van der Waals surface area contributed by atoms with Gasteiger partial charge in [-0.05, 0) is 38.1 Å². The van der Waals surface area contributed by atoms with Gasteiger partial charge in [-0.25, -0.2) is 0 Å². The number of ether oxygens (including phenoxy) is 1. The van der Waals surface area contributed by atoms with Gasteiger partial charge in [-0.15, -0.1) is 10.2 Å². The van der Waals surface area contributed by atoms with Gasteiger partial charge in [-0.1, -0.05) is 34.7 Å². The zero-order chi connectivity index (χ0) is 21.0. The van der Waals surface area contributed by atoms with E-state index in [-0.39, 0.29) is 17.6 Å². The third kappa shape index (κ3) is 5.49. The molecule has 3 rings (SSSR count). The Morgan fingerprint density at radius 3 is 2.72 bits per heavy atom. The van der Waals surface area contributed by atoms with Crippen LogP contribution >= 0.6 is 34.7 Å².